The van der Waals surface area contributed by atoms with Crippen LogP contribution in [0.15, 0.2) is 30.3 Å². The molecule has 5 heteroatoms. The minimum atomic E-state index is -0.591. The van der Waals surface area contributed by atoms with E-state index < -0.39 is 29.6 Å². The number of ether oxygens (including phenoxy) is 2. The molecule has 2 unspecified atom stereocenters. The Kier molecular flexibility index (Phi) is 6.56. The summed E-state index contributed by atoms with van der Waals surface area (Å²) >= 11 is 0. The van der Waals surface area contributed by atoms with Crippen molar-refractivity contribution in [3.63, 3.8) is 0 Å². The molecule has 2 atom stereocenters. The number of carbonyl (C=O) groups excluding carboxylic acids is 2. The van der Waals surface area contributed by atoms with Gasteiger partial charge in [-0.15, -0.1) is 0 Å². The van der Waals surface area contributed by atoms with Gasteiger partial charge in [0.1, 0.15) is 24.3 Å². The van der Waals surface area contributed by atoms with E-state index in [4.69, 9.17) is 9.47 Å². The fourth-order valence-electron chi connectivity index (χ4n) is 1.75. The summed E-state index contributed by atoms with van der Waals surface area (Å²) in [5, 5.41) is 2.89. The van der Waals surface area contributed by atoms with Gasteiger partial charge in [0.05, 0.1) is 0 Å². The van der Waals surface area contributed by atoms with E-state index in [0.29, 0.717) is 0 Å². The van der Waals surface area contributed by atoms with Crippen LogP contribution in [0.2, 0.25) is 0 Å². The van der Waals surface area contributed by atoms with Crippen LogP contribution in [-0.2, 0) is 25.7 Å². The number of benzene rings is 1. The third-order valence-corrected chi connectivity index (χ3v) is 2.84. The van der Waals surface area contributed by atoms with E-state index in [2.05, 4.69) is 5.32 Å². The topological polar surface area (TPSA) is 64.6 Å². The minimum absolute atomic E-state index is 0.215. The molecule has 0 saturated carbocycles. The predicted molar refractivity (Wildman–Crippen MR) is 84.1 cm³/mol. The highest BCUT2D eigenvalue weighted by molar-refractivity contribution is 5.79. The Labute approximate surface area is 132 Å². The normalized spacial score (nSPS) is 14.0. The molecule has 1 aromatic carbocycles. The second-order valence-corrected chi connectivity index (χ2v) is 6.24. The number of hydrogen-bond acceptors (Lipinski definition) is 5. The standard InChI is InChI=1S/C17H25NO4/c1-12(18-13(2)16(20)22-17(3,4)5)15(19)21-11-14-9-7-6-8-10-14/h6-10,12-13,18H,11H2,1-5H3. The Morgan fingerprint density at radius 3 is 2.14 bits per heavy atom. The molecule has 0 aliphatic rings. The van der Waals surface area contributed by atoms with E-state index in [1.165, 1.54) is 0 Å². The van der Waals surface area contributed by atoms with Crippen molar-refractivity contribution in [3.8, 4) is 0 Å². The Morgan fingerprint density at radius 1 is 1.05 bits per heavy atom. The van der Waals surface area contributed by atoms with Crippen LogP contribution in [0.3, 0.4) is 0 Å². The third kappa shape index (κ3) is 6.72. The van der Waals surface area contributed by atoms with Crippen molar-refractivity contribution in [1.82, 2.24) is 5.32 Å². The molecule has 0 radical (unpaired) electrons. The molecule has 1 N–H and O–H groups in total. The minimum Gasteiger partial charge on any atom is -0.460 e. The first kappa shape index (κ1) is 18.2. The lowest BCUT2D eigenvalue weighted by Gasteiger charge is -2.24. The van der Waals surface area contributed by atoms with E-state index in [1.54, 1.807) is 34.6 Å². The molecule has 0 saturated heterocycles. The molecule has 5 nitrogen and oxygen atoms in total. The summed E-state index contributed by atoms with van der Waals surface area (Å²) in [6, 6.07) is 8.26. The van der Waals surface area contributed by atoms with Crippen LogP contribution in [-0.4, -0.2) is 29.6 Å². The average Bonchev–Trinajstić information content (AvgIpc) is 2.43. The zero-order valence-electron chi connectivity index (χ0n) is 13.9. The molecule has 0 aromatic heterocycles. The molecule has 1 aromatic rings. The SMILES string of the molecule is CC(NC(C)C(=O)OC(C)(C)C)C(=O)OCc1ccccc1. The summed E-state index contributed by atoms with van der Waals surface area (Å²) in [4.78, 5) is 23.8. The van der Waals surface area contributed by atoms with Crippen LogP contribution in [0.25, 0.3) is 0 Å². The fourth-order valence-corrected chi connectivity index (χ4v) is 1.75. The van der Waals surface area contributed by atoms with Crippen molar-refractivity contribution in [2.75, 3.05) is 0 Å². The van der Waals surface area contributed by atoms with Gasteiger partial charge in [-0.25, -0.2) is 0 Å². The Balaban J connectivity index is 2.41. The number of esters is 2. The van der Waals surface area contributed by atoms with Crippen LogP contribution in [0.4, 0.5) is 0 Å². The number of rotatable bonds is 6. The van der Waals surface area contributed by atoms with Gasteiger partial charge in [0, 0.05) is 0 Å². The summed E-state index contributed by atoms with van der Waals surface area (Å²) < 4.78 is 10.5. The molecule has 0 fully saturated rings. The highest BCUT2D eigenvalue weighted by Crippen LogP contribution is 2.09. The van der Waals surface area contributed by atoms with E-state index >= 15 is 0 Å². The van der Waals surface area contributed by atoms with Crippen LogP contribution >= 0.6 is 0 Å². The third-order valence-electron chi connectivity index (χ3n) is 2.84. The summed E-state index contributed by atoms with van der Waals surface area (Å²) in [5.74, 6) is -0.797. The summed E-state index contributed by atoms with van der Waals surface area (Å²) in [6.45, 7) is 8.94. The monoisotopic (exact) mass is 307 g/mol. The lowest BCUT2D eigenvalue weighted by atomic mass is 10.2. The maximum atomic E-state index is 11.9. The van der Waals surface area contributed by atoms with Crippen molar-refractivity contribution >= 4 is 11.9 Å². The van der Waals surface area contributed by atoms with Gasteiger partial charge < -0.3 is 9.47 Å². The molecule has 1 rings (SSSR count). The van der Waals surface area contributed by atoms with Gasteiger partial charge in [-0.3, -0.25) is 14.9 Å². The Bertz CT molecular complexity index is 493. The van der Waals surface area contributed by atoms with Crippen molar-refractivity contribution in [3.05, 3.63) is 35.9 Å². The van der Waals surface area contributed by atoms with Crippen LogP contribution in [0.1, 0.15) is 40.2 Å². The average molecular weight is 307 g/mol. The van der Waals surface area contributed by atoms with Gasteiger partial charge in [-0.2, -0.15) is 0 Å². The van der Waals surface area contributed by atoms with E-state index in [1.807, 2.05) is 30.3 Å². The summed E-state index contributed by atoms with van der Waals surface area (Å²) in [5.41, 5.74) is 0.368. The number of hydrogen-bond donors (Lipinski definition) is 1. The molecule has 0 amide bonds. The van der Waals surface area contributed by atoms with Crippen molar-refractivity contribution in [1.29, 1.82) is 0 Å². The van der Waals surface area contributed by atoms with Gasteiger partial charge in [-0.05, 0) is 40.2 Å². The second-order valence-electron chi connectivity index (χ2n) is 6.24. The van der Waals surface area contributed by atoms with Gasteiger partial charge in [0.15, 0.2) is 0 Å². The molecule has 0 heterocycles. The van der Waals surface area contributed by atoms with Gasteiger partial charge in [0.2, 0.25) is 0 Å². The summed E-state index contributed by atoms with van der Waals surface area (Å²) in [7, 11) is 0. The molecule has 122 valence electrons. The molecule has 22 heavy (non-hydrogen) atoms. The Morgan fingerprint density at radius 2 is 1.59 bits per heavy atom. The van der Waals surface area contributed by atoms with Crippen LogP contribution in [0.5, 0.6) is 0 Å². The lowest BCUT2D eigenvalue weighted by Crippen LogP contribution is -2.46. The van der Waals surface area contributed by atoms with E-state index in [9.17, 15) is 9.59 Å². The quantitative estimate of drug-likeness (QED) is 0.818. The first-order valence-electron chi connectivity index (χ1n) is 7.38. The van der Waals surface area contributed by atoms with Crippen LogP contribution < -0.4 is 5.32 Å². The first-order valence-corrected chi connectivity index (χ1v) is 7.38. The maximum Gasteiger partial charge on any atom is 0.323 e. The molecule has 0 aliphatic carbocycles. The van der Waals surface area contributed by atoms with Crippen LogP contribution in [0, 0.1) is 0 Å². The maximum absolute atomic E-state index is 11.9. The molecule has 0 spiro atoms. The van der Waals surface area contributed by atoms with Gasteiger partial charge in [-0.1, -0.05) is 30.3 Å². The van der Waals surface area contributed by atoms with E-state index in [0.717, 1.165) is 5.56 Å². The molecule has 0 bridgehead atoms. The predicted octanol–water partition coefficient (Wildman–Crippen LogP) is 2.44. The largest absolute Gasteiger partial charge is 0.460 e. The summed E-state index contributed by atoms with van der Waals surface area (Å²) in [6.07, 6.45) is 0. The van der Waals surface area contributed by atoms with Crippen molar-refractivity contribution in [2.24, 2.45) is 0 Å². The number of carbonyl (C=O) groups is 2. The highest BCUT2D eigenvalue weighted by atomic mass is 16.6. The second kappa shape index (κ2) is 7.94. The highest BCUT2D eigenvalue weighted by Gasteiger charge is 2.25. The zero-order valence-corrected chi connectivity index (χ0v) is 13.9. The number of nitrogens with one attached hydrogen (secondary N) is 1. The lowest BCUT2D eigenvalue weighted by molar-refractivity contribution is -0.157. The van der Waals surface area contributed by atoms with Gasteiger partial charge >= 0.3 is 11.9 Å². The Hall–Kier alpha value is -1.88. The van der Waals surface area contributed by atoms with Crippen molar-refractivity contribution in [2.45, 2.75) is 58.9 Å². The zero-order chi connectivity index (χ0) is 16.8. The first-order chi connectivity index (χ1) is 10.2. The van der Waals surface area contributed by atoms with E-state index in [-0.39, 0.29) is 6.61 Å². The molecule has 0 aliphatic heterocycles. The smallest absolute Gasteiger partial charge is 0.323 e. The molecular formula is C17H25NO4. The van der Waals surface area contributed by atoms with Crippen molar-refractivity contribution < 1.29 is 19.1 Å². The van der Waals surface area contributed by atoms with Gasteiger partial charge in [0.25, 0.3) is 0 Å². The molecular weight excluding hydrogens is 282 g/mol. The fraction of sp³-hybridized carbons (Fsp3) is 0.529.